The first kappa shape index (κ1) is 36.3. The van der Waals surface area contributed by atoms with Gasteiger partial charge in [0.2, 0.25) is 17.7 Å². The molecule has 2 heterocycles. The minimum Gasteiger partial charge on any atom is -0.456 e. The summed E-state index contributed by atoms with van der Waals surface area (Å²) in [4.78, 5) is 59.6. The van der Waals surface area contributed by atoms with Gasteiger partial charge in [-0.2, -0.15) is 0 Å². The molecule has 2 saturated heterocycles. The summed E-state index contributed by atoms with van der Waals surface area (Å²) >= 11 is 0. The summed E-state index contributed by atoms with van der Waals surface area (Å²) < 4.78 is 6.00. The van der Waals surface area contributed by atoms with Crippen molar-refractivity contribution in [2.45, 2.75) is 117 Å². The highest BCUT2D eigenvalue weighted by Gasteiger charge is 2.38. The van der Waals surface area contributed by atoms with E-state index in [1.165, 1.54) is 0 Å². The molecule has 0 aliphatic carbocycles. The molecule has 3 amide bonds. The van der Waals surface area contributed by atoms with E-state index in [2.05, 4.69) is 17.1 Å². The molecule has 2 fully saturated rings. The number of benzene rings is 1. The second-order valence-corrected chi connectivity index (χ2v) is 13.5. The lowest BCUT2D eigenvalue weighted by atomic mass is 9.96. The number of amides is 3. The Morgan fingerprint density at radius 2 is 1.64 bits per heavy atom. The van der Waals surface area contributed by atoms with Crippen molar-refractivity contribution < 1.29 is 23.9 Å². The number of hydrogen-bond acceptors (Lipinski definition) is 6. The number of nitrogens with one attached hydrogen (secondary N) is 1. The molecule has 2 aliphatic rings. The van der Waals surface area contributed by atoms with Crippen LogP contribution in [0.25, 0.3) is 0 Å². The minimum atomic E-state index is -0.679. The smallest absolute Gasteiger partial charge is 0.329 e. The molecule has 1 aromatic rings. The number of esters is 1. The normalized spacial score (nSPS) is 21.4. The Balaban J connectivity index is 1.73. The van der Waals surface area contributed by atoms with E-state index < -0.39 is 12.1 Å². The number of carbonyl (C=O) groups excluding carboxylic acids is 4. The first-order chi connectivity index (χ1) is 21.4. The topological polar surface area (TPSA) is 99.3 Å². The first-order valence-corrected chi connectivity index (χ1v) is 16.9. The van der Waals surface area contributed by atoms with E-state index in [0.717, 1.165) is 44.2 Å². The standard InChI is InChI=1S/C36H56N4O5/c1-9-16-31(27-17-11-10-12-18-27)45-36(44)29-20-15-22-40(29)34(42)26(6)23-30(24(2)3)39(8)35(43)32(25(4)5)37-33(41)28-19-13-14-21-38(28)7/h10-12,17-18,23-25,28-32H,9,13-16,19-22H2,1-8H3,(H,37,41)/b26-23+/t28?,29-,30+,31+,32-/m0/s1. The van der Waals surface area contributed by atoms with E-state index >= 15 is 0 Å². The Kier molecular flexibility index (Phi) is 13.6. The first-order valence-electron chi connectivity index (χ1n) is 16.9. The molecule has 0 aromatic heterocycles. The molecule has 45 heavy (non-hydrogen) atoms. The molecule has 1 N–H and O–H groups in total. The highest BCUT2D eigenvalue weighted by Crippen LogP contribution is 2.28. The van der Waals surface area contributed by atoms with Crippen LogP contribution in [-0.4, -0.2) is 89.7 Å². The van der Waals surface area contributed by atoms with Gasteiger partial charge in [0.15, 0.2) is 0 Å². The fourth-order valence-electron chi connectivity index (χ4n) is 6.54. The van der Waals surface area contributed by atoms with E-state index in [9.17, 15) is 19.2 Å². The van der Waals surface area contributed by atoms with Crippen molar-refractivity contribution in [1.29, 1.82) is 0 Å². The zero-order valence-corrected chi connectivity index (χ0v) is 28.8. The summed E-state index contributed by atoms with van der Waals surface area (Å²) in [5, 5.41) is 3.05. The number of rotatable bonds is 13. The summed E-state index contributed by atoms with van der Waals surface area (Å²) in [6, 6.07) is 7.81. The van der Waals surface area contributed by atoms with Crippen LogP contribution in [0, 0.1) is 11.8 Å². The fraction of sp³-hybridized carbons (Fsp3) is 0.667. The summed E-state index contributed by atoms with van der Waals surface area (Å²) in [6.07, 6.45) is 7.20. The second-order valence-electron chi connectivity index (χ2n) is 13.5. The van der Waals surface area contributed by atoms with Crippen LogP contribution in [0.1, 0.15) is 98.2 Å². The van der Waals surface area contributed by atoms with Crippen LogP contribution in [-0.2, 0) is 23.9 Å². The van der Waals surface area contributed by atoms with Gasteiger partial charge >= 0.3 is 5.97 Å². The van der Waals surface area contributed by atoms with Crippen LogP contribution >= 0.6 is 0 Å². The SMILES string of the molecule is CCC[C@@H](OC(=O)[C@@H]1CCCN1C(=O)/C(C)=C/[C@H](C(C)C)N(C)C(=O)[C@@H](NC(=O)C1CCCCN1C)C(C)C)c1ccccc1. The van der Waals surface area contributed by atoms with Gasteiger partial charge in [0, 0.05) is 19.2 Å². The number of ether oxygens (including phenoxy) is 1. The highest BCUT2D eigenvalue weighted by molar-refractivity contribution is 5.96. The van der Waals surface area contributed by atoms with Crippen molar-refractivity contribution in [2.75, 3.05) is 27.2 Å². The molecule has 5 atom stereocenters. The third-order valence-corrected chi connectivity index (χ3v) is 9.31. The maximum atomic E-state index is 13.9. The van der Waals surface area contributed by atoms with Crippen molar-refractivity contribution in [3.63, 3.8) is 0 Å². The van der Waals surface area contributed by atoms with Crippen molar-refractivity contribution in [3.05, 3.63) is 47.5 Å². The van der Waals surface area contributed by atoms with E-state index in [1.807, 2.05) is 71.2 Å². The lowest BCUT2D eigenvalue weighted by Crippen LogP contribution is -2.57. The van der Waals surface area contributed by atoms with Crippen LogP contribution in [0.15, 0.2) is 42.0 Å². The van der Waals surface area contributed by atoms with Crippen LogP contribution < -0.4 is 5.32 Å². The van der Waals surface area contributed by atoms with Gasteiger partial charge in [-0.3, -0.25) is 19.3 Å². The zero-order chi connectivity index (χ0) is 33.3. The fourth-order valence-corrected chi connectivity index (χ4v) is 6.54. The Morgan fingerprint density at radius 1 is 0.978 bits per heavy atom. The van der Waals surface area contributed by atoms with Gasteiger partial charge in [-0.25, -0.2) is 4.79 Å². The predicted molar refractivity (Wildman–Crippen MR) is 177 cm³/mol. The minimum absolute atomic E-state index is 0.00899. The van der Waals surface area contributed by atoms with Crippen LogP contribution in [0.3, 0.4) is 0 Å². The molecule has 1 aromatic carbocycles. The summed E-state index contributed by atoms with van der Waals surface area (Å²) in [5.74, 6) is -0.987. The highest BCUT2D eigenvalue weighted by atomic mass is 16.5. The number of nitrogens with zero attached hydrogens (tertiary/aromatic N) is 3. The van der Waals surface area contributed by atoms with Crippen molar-refractivity contribution in [2.24, 2.45) is 11.8 Å². The van der Waals surface area contributed by atoms with Crippen LogP contribution in [0.4, 0.5) is 0 Å². The van der Waals surface area contributed by atoms with Crippen molar-refractivity contribution >= 4 is 23.7 Å². The van der Waals surface area contributed by atoms with E-state index in [1.54, 1.807) is 23.8 Å². The molecule has 0 saturated carbocycles. The molecule has 0 bridgehead atoms. The maximum Gasteiger partial charge on any atom is 0.329 e. The molecule has 9 nitrogen and oxygen atoms in total. The zero-order valence-electron chi connectivity index (χ0n) is 28.8. The largest absolute Gasteiger partial charge is 0.456 e. The summed E-state index contributed by atoms with van der Waals surface area (Å²) in [6.45, 7) is 13.0. The third-order valence-electron chi connectivity index (χ3n) is 9.31. The quantitative estimate of drug-likeness (QED) is 0.242. The molecule has 0 radical (unpaired) electrons. The third kappa shape index (κ3) is 9.41. The van der Waals surface area contributed by atoms with Gasteiger partial charge in [-0.15, -0.1) is 0 Å². The predicted octanol–water partition coefficient (Wildman–Crippen LogP) is 5.12. The Hall–Kier alpha value is -3.20. The average molecular weight is 625 g/mol. The number of likely N-dealkylation sites (tertiary alicyclic amines) is 2. The van der Waals surface area contributed by atoms with E-state index in [4.69, 9.17) is 4.74 Å². The molecule has 250 valence electrons. The van der Waals surface area contributed by atoms with Crippen molar-refractivity contribution in [3.8, 4) is 0 Å². The molecule has 1 unspecified atom stereocenters. The molecule has 9 heteroatoms. The molecule has 3 rings (SSSR count). The van der Waals surface area contributed by atoms with E-state index in [-0.39, 0.29) is 53.7 Å². The maximum absolute atomic E-state index is 13.9. The number of carbonyl (C=O) groups is 4. The molecular weight excluding hydrogens is 568 g/mol. The Bertz CT molecular complexity index is 1180. The van der Waals surface area contributed by atoms with Gasteiger partial charge < -0.3 is 19.9 Å². The van der Waals surface area contributed by atoms with Gasteiger partial charge in [0.1, 0.15) is 18.2 Å². The summed E-state index contributed by atoms with van der Waals surface area (Å²) in [7, 11) is 3.70. The van der Waals surface area contributed by atoms with Crippen molar-refractivity contribution in [1.82, 2.24) is 20.0 Å². The average Bonchev–Trinajstić information content (AvgIpc) is 3.51. The molecule has 0 spiro atoms. The molecule has 2 aliphatic heterocycles. The Morgan fingerprint density at radius 3 is 2.24 bits per heavy atom. The molecular formula is C36H56N4O5. The van der Waals surface area contributed by atoms with Gasteiger partial charge in [0.25, 0.3) is 0 Å². The van der Waals surface area contributed by atoms with Crippen LogP contribution in [0.2, 0.25) is 0 Å². The van der Waals surface area contributed by atoms with E-state index in [0.29, 0.717) is 25.0 Å². The number of likely N-dealkylation sites (N-methyl/N-ethyl adjacent to an activating group) is 2. The van der Waals surface area contributed by atoms with Gasteiger partial charge in [-0.05, 0) is 70.0 Å². The monoisotopic (exact) mass is 624 g/mol. The number of hydrogen-bond donors (Lipinski definition) is 1. The van der Waals surface area contributed by atoms with Gasteiger partial charge in [-0.1, -0.05) is 83.9 Å². The Labute approximate surface area is 270 Å². The van der Waals surface area contributed by atoms with Crippen LogP contribution in [0.5, 0.6) is 0 Å². The second kappa shape index (κ2) is 16.9. The lowest BCUT2D eigenvalue weighted by molar-refractivity contribution is -0.158. The summed E-state index contributed by atoms with van der Waals surface area (Å²) in [5.41, 5.74) is 1.43. The van der Waals surface area contributed by atoms with Gasteiger partial charge in [0.05, 0.1) is 12.1 Å². The lowest BCUT2D eigenvalue weighted by Gasteiger charge is -2.36. The number of piperidine rings is 1.